The first-order valence-corrected chi connectivity index (χ1v) is 9.68. The Labute approximate surface area is 163 Å². The molecule has 1 saturated carbocycles. The van der Waals surface area contributed by atoms with Crippen LogP contribution in [-0.4, -0.2) is 70.9 Å². The van der Waals surface area contributed by atoms with Crippen LogP contribution in [0.15, 0.2) is 24.3 Å². The Bertz CT molecular complexity index is 789. The molecule has 0 radical (unpaired) electrons. The molecule has 2 saturated heterocycles. The van der Waals surface area contributed by atoms with Crippen LogP contribution >= 0.6 is 11.6 Å². The lowest BCUT2D eigenvalue weighted by molar-refractivity contribution is -0.133. The molecule has 144 valence electrons. The lowest BCUT2D eigenvalue weighted by Crippen LogP contribution is -2.53. The third-order valence-electron chi connectivity index (χ3n) is 5.80. The molecule has 1 aliphatic carbocycles. The summed E-state index contributed by atoms with van der Waals surface area (Å²) >= 11 is 6.12. The van der Waals surface area contributed by atoms with Gasteiger partial charge in [-0.3, -0.25) is 14.5 Å². The fraction of sp³-hybridized carbons (Fsp3) is 0.526. The summed E-state index contributed by atoms with van der Waals surface area (Å²) in [5, 5.41) is 3.32. The van der Waals surface area contributed by atoms with Crippen molar-refractivity contribution >= 4 is 29.4 Å². The zero-order valence-electron chi connectivity index (χ0n) is 15.3. The molecule has 1 N–H and O–H groups in total. The lowest BCUT2D eigenvalue weighted by Gasteiger charge is -2.36. The van der Waals surface area contributed by atoms with Crippen molar-refractivity contribution in [3.63, 3.8) is 0 Å². The highest BCUT2D eigenvalue weighted by Crippen LogP contribution is 2.42. The monoisotopic (exact) mass is 390 g/mol. The van der Waals surface area contributed by atoms with Gasteiger partial charge in [0.15, 0.2) is 0 Å². The Balaban J connectivity index is 1.35. The molecule has 2 heterocycles. The minimum Gasteiger partial charge on any atom is -0.336 e. The summed E-state index contributed by atoms with van der Waals surface area (Å²) in [4.78, 5) is 42.8. The normalized spacial score (nSPS) is 26.4. The molecule has 1 atom stereocenters. The maximum Gasteiger partial charge on any atom is 0.326 e. The number of carbonyl (C=O) groups excluding carboxylic acids is 3. The third kappa shape index (κ3) is 3.30. The van der Waals surface area contributed by atoms with Crippen LogP contribution in [0.1, 0.15) is 30.1 Å². The van der Waals surface area contributed by atoms with Gasteiger partial charge in [-0.2, -0.15) is 0 Å². The van der Waals surface area contributed by atoms with Gasteiger partial charge in [-0.15, -0.1) is 0 Å². The maximum atomic E-state index is 12.7. The number of nitrogens with one attached hydrogen (secondary N) is 1. The van der Waals surface area contributed by atoms with Gasteiger partial charge in [-0.05, 0) is 37.8 Å². The van der Waals surface area contributed by atoms with Crippen molar-refractivity contribution < 1.29 is 14.4 Å². The van der Waals surface area contributed by atoms with E-state index >= 15 is 0 Å². The summed E-state index contributed by atoms with van der Waals surface area (Å²) in [6.07, 6.45) is 1.97. The van der Waals surface area contributed by atoms with Gasteiger partial charge in [0.05, 0.1) is 17.3 Å². The Morgan fingerprint density at radius 3 is 2.48 bits per heavy atom. The molecule has 4 rings (SSSR count). The quantitative estimate of drug-likeness (QED) is 0.795. The topological polar surface area (TPSA) is 73.0 Å². The number of amides is 4. The molecule has 7 nitrogen and oxygen atoms in total. The minimum atomic E-state index is -0.751. The summed E-state index contributed by atoms with van der Waals surface area (Å²) in [6.45, 7) is 4.37. The van der Waals surface area contributed by atoms with Crippen molar-refractivity contribution in [1.82, 2.24) is 20.0 Å². The number of rotatable bonds is 4. The van der Waals surface area contributed by atoms with Gasteiger partial charge in [-0.1, -0.05) is 23.7 Å². The maximum absolute atomic E-state index is 12.7. The Hall–Kier alpha value is -2.12. The molecule has 0 aromatic heterocycles. The van der Waals surface area contributed by atoms with Gasteiger partial charge < -0.3 is 10.2 Å². The van der Waals surface area contributed by atoms with Gasteiger partial charge >= 0.3 is 6.03 Å². The Kier molecular flexibility index (Phi) is 4.60. The molecule has 4 amide bonds. The van der Waals surface area contributed by atoms with Gasteiger partial charge in [0.1, 0.15) is 5.54 Å². The van der Waals surface area contributed by atoms with Crippen molar-refractivity contribution in [2.24, 2.45) is 5.92 Å². The van der Waals surface area contributed by atoms with E-state index in [4.69, 9.17) is 11.6 Å². The van der Waals surface area contributed by atoms with Crippen LogP contribution in [0.2, 0.25) is 5.02 Å². The molecule has 3 aliphatic rings. The van der Waals surface area contributed by atoms with E-state index in [2.05, 4.69) is 5.32 Å². The number of benzene rings is 1. The van der Waals surface area contributed by atoms with E-state index in [1.54, 1.807) is 29.2 Å². The summed E-state index contributed by atoms with van der Waals surface area (Å²) in [6, 6.07) is 6.71. The van der Waals surface area contributed by atoms with E-state index in [-0.39, 0.29) is 30.4 Å². The highest BCUT2D eigenvalue weighted by Gasteiger charge is 2.56. The number of urea groups is 1. The number of carbonyl (C=O) groups is 3. The highest BCUT2D eigenvalue weighted by molar-refractivity contribution is 6.33. The molecule has 27 heavy (non-hydrogen) atoms. The standard InChI is InChI=1S/C19H23ClN4O3/c1-19(13-6-7-13)17(26)24(18(27)21-19)12-22-8-10-23(11-9-22)16(25)14-4-2-3-5-15(14)20/h2-5,13H,6-12H2,1H3,(H,21,27)/t19-/m0/s1. The first-order valence-electron chi connectivity index (χ1n) is 9.30. The second-order valence-electron chi connectivity index (χ2n) is 7.67. The third-order valence-corrected chi connectivity index (χ3v) is 6.13. The second-order valence-corrected chi connectivity index (χ2v) is 8.08. The summed E-state index contributed by atoms with van der Waals surface area (Å²) in [5.41, 5.74) is -0.249. The zero-order valence-corrected chi connectivity index (χ0v) is 16.0. The van der Waals surface area contributed by atoms with E-state index in [0.717, 1.165) is 12.8 Å². The summed E-state index contributed by atoms with van der Waals surface area (Å²) in [7, 11) is 0. The van der Waals surface area contributed by atoms with Crippen LogP contribution < -0.4 is 5.32 Å². The average Bonchev–Trinajstić information content (AvgIpc) is 3.48. The van der Waals surface area contributed by atoms with Crippen molar-refractivity contribution in [3.05, 3.63) is 34.9 Å². The first kappa shape index (κ1) is 18.3. The summed E-state index contributed by atoms with van der Waals surface area (Å²) < 4.78 is 0. The molecule has 1 aromatic rings. The van der Waals surface area contributed by atoms with Crippen molar-refractivity contribution in [3.8, 4) is 0 Å². The van der Waals surface area contributed by atoms with Crippen LogP contribution in [0, 0.1) is 5.92 Å². The van der Waals surface area contributed by atoms with E-state index in [9.17, 15) is 14.4 Å². The number of imide groups is 1. The van der Waals surface area contributed by atoms with Crippen molar-refractivity contribution in [2.45, 2.75) is 25.3 Å². The fourth-order valence-corrected chi connectivity index (χ4v) is 4.10. The molecular weight excluding hydrogens is 368 g/mol. The van der Waals surface area contributed by atoms with Gasteiger partial charge in [-0.25, -0.2) is 9.69 Å². The van der Waals surface area contributed by atoms with Crippen molar-refractivity contribution in [1.29, 1.82) is 0 Å². The van der Waals surface area contributed by atoms with Crippen LogP contribution in [0.5, 0.6) is 0 Å². The Morgan fingerprint density at radius 2 is 1.85 bits per heavy atom. The second kappa shape index (κ2) is 6.80. The fourth-order valence-electron chi connectivity index (χ4n) is 3.88. The molecule has 3 fully saturated rings. The highest BCUT2D eigenvalue weighted by atomic mass is 35.5. The molecule has 8 heteroatoms. The minimum absolute atomic E-state index is 0.0865. The molecule has 0 unspecified atom stereocenters. The van der Waals surface area contributed by atoms with E-state index in [1.807, 2.05) is 11.8 Å². The summed E-state index contributed by atoms with van der Waals surface area (Å²) in [5.74, 6) is 0.0326. The largest absolute Gasteiger partial charge is 0.336 e. The average molecular weight is 391 g/mol. The van der Waals surface area contributed by atoms with E-state index < -0.39 is 5.54 Å². The molecular formula is C19H23ClN4O3. The lowest BCUT2D eigenvalue weighted by atomic mass is 9.96. The van der Waals surface area contributed by atoms with Crippen LogP contribution in [0.4, 0.5) is 4.79 Å². The SMILES string of the molecule is C[C@@]1(C2CC2)NC(=O)N(CN2CCN(C(=O)c3ccccc3Cl)CC2)C1=O. The molecule has 2 aliphatic heterocycles. The first-order chi connectivity index (χ1) is 12.9. The molecule has 0 bridgehead atoms. The number of piperazine rings is 1. The number of halogens is 1. The Morgan fingerprint density at radius 1 is 1.19 bits per heavy atom. The number of hydrogen-bond acceptors (Lipinski definition) is 4. The number of nitrogens with zero attached hydrogens (tertiary/aromatic N) is 3. The number of hydrogen-bond donors (Lipinski definition) is 1. The molecule has 0 spiro atoms. The van der Waals surface area contributed by atoms with Gasteiger partial charge in [0.25, 0.3) is 11.8 Å². The van der Waals surface area contributed by atoms with Crippen molar-refractivity contribution in [2.75, 3.05) is 32.8 Å². The van der Waals surface area contributed by atoms with E-state index in [0.29, 0.717) is 36.8 Å². The van der Waals surface area contributed by atoms with E-state index in [1.165, 1.54) is 4.90 Å². The van der Waals surface area contributed by atoms with Crippen LogP contribution in [-0.2, 0) is 4.79 Å². The smallest absolute Gasteiger partial charge is 0.326 e. The predicted molar refractivity (Wildman–Crippen MR) is 100 cm³/mol. The zero-order chi connectivity index (χ0) is 19.2. The van der Waals surface area contributed by atoms with Crippen LogP contribution in [0.3, 0.4) is 0 Å². The van der Waals surface area contributed by atoms with Gasteiger partial charge in [0.2, 0.25) is 0 Å². The molecule has 1 aromatic carbocycles. The predicted octanol–water partition coefficient (Wildman–Crippen LogP) is 1.78. The van der Waals surface area contributed by atoms with Gasteiger partial charge in [0, 0.05) is 26.2 Å². The van der Waals surface area contributed by atoms with Crippen LogP contribution in [0.25, 0.3) is 0 Å².